The maximum atomic E-state index is 12.6. The number of carbonyl (C=O) groups excluding carboxylic acids is 3. The Morgan fingerprint density at radius 2 is 0.855 bits per heavy atom. The fraction of sp³-hybridized carbons (Fsp3) is 0.396. The summed E-state index contributed by atoms with van der Waals surface area (Å²) in [6.07, 6.45) is 4.47. The summed E-state index contributed by atoms with van der Waals surface area (Å²) in [5, 5.41) is 0. The molecule has 55 heavy (non-hydrogen) atoms. The molecule has 0 aliphatic rings. The summed E-state index contributed by atoms with van der Waals surface area (Å²) in [4.78, 5) is 34.5. The van der Waals surface area contributed by atoms with Crippen LogP contribution >= 0.6 is 0 Å². The molecule has 4 rings (SSSR count). The molecule has 1 N–H and O–H groups in total. The van der Waals surface area contributed by atoms with Gasteiger partial charge in [-0.1, -0.05) is 138 Å². The van der Waals surface area contributed by atoms with Crippen LogP contribution in [-0.2, 0) is 21.7 Å². The normalized spacial score (nSPS) is 11.4. The Hall–Kier alpha value is -3.17. The maximum Gasteiger partial charge on any atom is 1.00 e. The molecule has 0 amide bonds. The summed E-state index contributed by atoms with van der Waals surface area (Å²) < 4.78 is 10.3. The number of benzene rings is 4. The van der Waals surface area contributed by atoms with Crippen LogP contribution in [0.3, 0.4) is 0 Å². The molecule has 0 radical (unpaired) electrons. The molecule has 0 saturated heterocycles. The SMILES string of the molecule is CC(C)(C)c1cc(C=O)cc(C(C)(C)C)c1.COc1ccccc1C(=O)/C=C/c1cc(C(C)(C)C)cc(C(C)(C)C)c1.COc1ccccc1C(C)=O.[K+].[OH-]. The number of carbonyl (C=O) groups is 3. The summed E-state index contributed by atoms with van der Waals surface area (Å²) in [7, 11) is 3.14. The van der Waals surface area contributed by atoms with Crippen molar-refractivity contribution in [3.63, 3.8) is 0 Å². The fourth-order valence-corrected chi connectivity index (χ4v) is 5.24. The van der Waals surface area contributed by atoms with E-state index in [0.717, 1.165) is 17.4 Å². The Morgan fingerprint density at radius 3 is 1.16 bits per heavy atom. The van der Waals surface area contributed by atoms with Crippen LogP contribution < -0.4 is 60.9 Å². The summed E-state index contributed by atoms with van der Waals surface area (Å²) >= 11 is 0. The van der Waals surface area contributed by atoms with E-state index in [1.54, 1.807) is 44.6 Å². The van der Waals surface area contributed by atoms with E-state index in [9.17, 15) is 14.4 Å². The smallest absolute Gasteiger partial charge is 0.870 e. The van der Waals surface area contributed by atoms with E-state index in [1.807, 2.05) is 42.5 Å². The number of allylic oxidation sites excluding steroid dienone is 1. The van der Waals surface area contributed by atoms with Gasteiger partial charge in [0.25, 0.3) is 0 Å². The Bertz CT molecular complexity index is 1830. The molecule has 7 heteroatoms. The van der Waals surface area contributed by atoms with Gasteiger partial charge in [-0.2, -0.15) is 0 Å². The van der Waals surface area contributed by atoms with Gasteiger partial charge >= 0.3 is 51.4 Å². The second-order valence-electron chi connectivity index (χ2n) is 17.5. The van der Waals surface area contributed by atoms with Gasteiger partial charge in [-0.15, -0.1) is 0 Å². The third-order valence-electron chi connectivity index (χ3n) is 8.80. The number of ether oxygens (including phenoxy) is 2. The van der Waals surface area contributed by atoms with Crippen molar-refractivity contribution in [1.29, 1.82) is 0 Å². The molecule has 0 heterocycles. The summed E-state index contributed by atoms with van der Waals surface area (Å²) in [5.41, 5.74) is 8.30. The molecule has 0 aromatic heterocycles. The van der Waals surface area contributed by atoms with Gasteiger partial charge in [0.1, 0.15) is 17.8 Å². The number of para-hydroxylation sites is 2. The molecular formula is C48H63KO6. The number of rotatable bonds is 7. The molecule has 0 unspecified atom stereocenters. The number of Topliss-reactive ketones (excluding diaryl/α,β-unsaturated/α-hetero) is 1. The predicted molar refractivity (Wildman–Crippen MR) is 224 cm³/mol. The summed E-state index contributed by atoms with van der Waals surface area (Å²) in [5.74, 6) is 1.21. The van der Waals surface area contributed by atoms with Crippen LogP contribution in [0.5, 0.6) is 11.5 Å². The zero-order valence-electron chi connectivity index (χ0n) is 36.3. The van der Waals surface area contributed by atoms with Gasteiger partial charge in [0.15, 0.2) is 11.6 Å². The fourth-order valence-electron chi connectivity index (χ4n) is 5.24. The summed E-state index contributed by atoms with van der Waals surface area (Å²) in [6, 6.07) is 27.3. The number of hydrogen-bond acceptors (Lipinski definition) is 6. The minimum absolute atomic E-state index is 0. The number of methoxy groups -OCH3 is 2. The van der Waals surface area contributed by atoms with E-state index < -0.39 is 0 Å². The van der Waals surface area contributed by atoms with Gasteiger partial charge in [0.2, 0.25) is 0 Å². The van der Waals surface area contributed by atoms with E-state index >= 15 is 0 Å². The van der Waals surface area contributed by atoms with E-state index in [1.165, 1.54) is 29.2 Å². The standard InChI is InChI=1S/C24H30O2.C15H22O.C9H10O2.K.H2O/c1-23(2,3)18-14-17(15-19(16-18)24(4,5)6)12-13-21(25)20-10-8-9-11-22(20)26-7;1-14(2,3)12-7-11(10-16)8-13(9-12)15(4,5)6;1-7(10)8-5-3-4-6-9(8)11-2;;/h8-16H,1-7H3;7-10H,1-6H3;3-6H,1-2H3;;1H2/q;;;+1;/p-1/b13-12+;;;;. The first kappa shape index (κ1) is 51.8. The third kappa shape index (κ3) is 16.4. The monoisotopic (exact) mass is 774 g/mol. The van der Waals surface area contributed by atoms with Crippen molar-refractivity contribution in [3.05, 3.63) is 136 Å². The first-order chi connectivity index (χ1) is 24.4. The molecule has 0 atom stereocenters. The topological polar surface area (TPSA) is 99.7 Å². The molecular weight excluding hydrogens is 712 g/mol. The molecule has 0 aliphatic heterocycles. The van der Waals surface area contributed by atoms with Crippen LogP contribution in [0.1, 0.15) is 149 Å². The zero-order chi connectivity index (χ0) is 40.4. The Balaban J connectivity index is 0.000000859. The Morgan fingerprint density at radius 1 is 0.527 bits per heavy atom. The number of aldehydes is 1. The van der Waals surface area contributed by atoms with Crippen molar-refractivity contribution in [2.45, 2.75) is 112 Å². The van der Waals surface area contributed by atoms with Crippen LogP contribution in [0.2, 0.25) is 0 Å². The van der Waals surface area contributed by atoms with Crippen molar-refractivity contribution in [2.24, 2.45) is 0 Å². The van der Waals surface area contributed by atoms with Crippen molar-refractivity contribution < 1.29 is 80.7 Å². The molecule has 6 nitrogen and oxygen atoms in total. The molecule has 292 valence electrons. The third-order valence-corrected chi connectivity index (χ3v) is 8.80. The first-order valence-corrected chi connectivity index (χ1v) is 18.2. The molecule has 4 aromatic rings. The molecule has 0 aliphatic carbocycles. The average molecular weight is 775 g/mol. The van der Waals surface area contributed by atoms with Crippen molar-refractivity contribution >= 4 is 23.9 Å². The molecule has 0 spiro atoms. The van der Waals surface area contributed by atoms with Gasteiger partial charge in [0.05, 0.1) is 25.3 Å². The van der Waals surface area contributed by atoms with E-state index in [2.05, 4.69) is 107 Å². The Kier molecular flexibility index (Phi) is 20.7. The van der Waals surface area contributed by atoms with Crippen molar-refractivity contribution in [1.82, 2.24) is 0 Å². The minimum atomic E-state index is -0.0547. The molecule has 4 aromatic carbocycles. The zero-order valence-corrected chi connectivity index (χ0v) is 39.4. The number of ketones is 2. The van der Waals surface area contributed by atoms with Crippen molar-refractivity contribution in [3.8, 4) is 11.5 Å². The average Bonchev–Trinajstić information content (AvgIpc) is 3.09. The van der Waals surface area contributed by atoms with Gasteiger partial charge in [-0.25, -0.2) is 0 Å². The van der Waals surface area contributed by atoms with Crippen LogP contribution in [0.4, 0.5) is 0 Å². The maximum absolute atomic E-state index is 12.6. The van der Waals surface area contributed by atoms with Crippen LogP contribution in [0.25, 0.3) is 6.08 Å². The van der Waals surface area contributed by atoms with Crippen molar-refractivity contribution in [2.75, 3.05) is 14.2 Å². The van der Waals surface area contributed by atoms with Crippen LogP contribution in [0, 0.1) is 0 Å². The second kappa shape index (κ2) is 21.9. The van der Waals surface area contributed by atoms with E-state index in [-0.39, 0.29) is 90.1 Å². The van der Waals surface area contributed by atoms with Crippen LogP contribution in [0.15, 0.2) is 91.0 Å². The van der Waals surface area contributed by atoms with E-state index in [4.69, 9.17) is 9.47 Å². The van der Waals surface area contributed by atoms with Crippen LogP contribution in [-0.4, -0.2) is 37.5 Å². The van der Waals surface area contributed by atoms with Gasteiger partial charge in [-0.05, 0) is 98.9 Å². The Labute approximate surface area is 374 Å². The van der Waals surface area contributed by atoms with Gasteiger partial charge in [0, 0.05) is 5.56 Å². The first-order valence-electron chi connectivity index (χ1n) is 18.2. The largest absolute Gasteiger partial charge is 1.00 e. The molecule has 0 bridgehead atoms. The molecule has 0 fully saturated rings. The minimum Gasteiger partial charge on any atom is -0.870 e. The quantitative estimate of drug-likeness (QED) is 0.0805. The van der Waals surface area contributed by atoms with Gasteiger partial charge in [-0.3, -0.25) is 14.4 Å². The second-order valence-corrected chi connectivity index (χ2v) is 17.5. The van der Waals surface area contributed by atoms with Gasteiger partial charge < -0.3 is 14.9 Å². The predicted octanol–water partition coefficient (Wildman–Crippen LogP) is 9.01. The van der Waals surface area contributed by atoms with E-state index in [0.29, 0.717) is 22.6 Å². The molecule has 0 saturated carbocycles. The number of hydrogen-bond donors (Lipinski definition) is 0. The summed E-state index contributed by atoms with van der Waals surface area (Å²) in [6.45, 7) is 27.8.